The van der Waals surface area contributed by atoms with E-state index in [-0.39, 0.29) is 0 Å². The molecule has 0 aliphatic carbocycles. The molecule has 1 heterocycles. The van der Waals surface area contributed by atoms with E-state index in [9.17, 15) is 0 Å². The highest BCUT2D eigenvalue weighted by atomic mass is 15.1. The van der Waals surface area contributed by atoms with Crippen LogP contribution in [0, 0.1) is 0 Å². The van der Waals surface area contributed by atoms with Gasteiger partial charge in [0.25, 0.3) is 5.82 Å². The van der Waals surface area contributed by atoms with Gasteiger partial charge in [-0.1, -0.05) is 245 Å². The third-order valence-electron chi connectivity index (χ3n) is 11.8. The number of hydrogen-bond acceptors (Lipinski definition) is 0. The Labute approximate surface area is 323 Å². The summed E-state index contributed by atoms with van der Waals surface area (Å²) >= 11 is 0. The molecule has 0 aromatic carbocycles. The van der Waals surface area contributed by atoms with Crippen molar-refractivity contribution in [1.82, 2.24) is 4.57 Å². The zero-order valence-corrected chi connectivity index (χ0v) is 36.0. The summed E-state index contributed by atoms with van der Waals surface area (Å²) in [4.78, 5) is 0. The molecule has 0 N–H and O–H groups in total. The van der Waals surface area contributed by atoms with E-state index in [1.165, 1.54) is 276 Å². The first-order chi connectivity index (χ1) is 25.3. The van der Waals surface area contributed by atoms with Gasteiger partial charge in [0.2, 0.25) is 0 Å². The average molecular weight is 714 g/mol. The van der Waals surface area contributed by atoms with E-state index in [2.05, 4.69) is 42.3 Å². The lowest BCUT2D eigenvalue weighted by Crippen LogP contribution is -2.37. The van der Waals surface area contributed by atoms with Gasteiger partial charge in [0.05, 0.1) is 13.1 Å². The predicted molar refractivity (Wildman–Crippen MR) is 230 cm³/mol. The third-order valence-corrected chi connectivity index (χ3v) is 11.8. The third kappa shape index (κ3) is 32.4. The van der Waals surface area contributed by atoms with E-state index >= 15 is 0 Å². The smallest absolute Gasteiger partial charge is 0.234 e. The van der Waals surface area contributed by atoms with E-state index < -0.39 is 0 Å². The Morgan fingerprint density at radius 1 is 0.333 bits per heavy atom. The van der Waals surface area contributed by atoms with Crippen LogP contribution in [-0.4, -0.2) is 4.57 Å². The van der Waals surface area contributed by atoms with Crippen LogP contribution in [0.2, 0.25) is 0 Å². The maximum Gasteiger partial charge on any atom is 0.256 e. The van der Waals surface area contributed by atoms with Gasteiger partial charge in [-0.3, -0.25) is 0 Å². The van der Waals surface area contributed by atoms with E-state index in [0.717, 1.165) is 0 Å². The molecule has 0 saturated carbocycles. The Balaban J connectivity index is 2.22. The zero-order valence-electron chi connectivity index (χ0n) is 36.0. The molecule has 1 rings (SSSR count). The van der Waals surface area contributed by atoms with Crippen LogP contribution in [0.3, 0.4) is 0 Å². The quantitative estimate of drug-likeness (QED) is 0.0471. The molecule has 0 spiro atoms. The highest BCUT2D eigenvalue weighted by Gasteiger charge is 2.16. The lowest BCUT2D eigenvalue weighted by Gasteiger charge is -2.07. The van der Waals surface area contributed by atoms with Crippen LogP contribution in [-0.2, 0) is 19.5 Å². The van der Waals surface area contributed by atoms with Crippen molar-refractivity contribution >= 4 is 0 Å². The Morgan fingerprint density at radius 2 is 0.608 bits per heavy atom. The second-order valence-corrected chi connectivity index (χ2v) is 16.9. The van der Waals surface area contributed by atoms with Crippen LogP contribution in [0.15, 0.2) is 12.4 Å². The zero-order chi connectivity index (χ0) is 36.6. The van der Waals surface area contributed by atoms with Gasteiger partial charge < -0.3 is 0 Å². The number of unbranched alkanes of at least 4 members (excludes halogenated alkanes) is 37. The molecule has 0 amide bonds. The SMILES string of the molecule is CCCCCCCCCCCCCCCCCCn1cc[n+](CCCCCCCCCCCCCCCCC)c1CCCCCCCCCCC. The number of aryl methyl sites for hydroxylation is 2. The Morgan fingerprint density at radius 3 is 0.941 bits per heavy atom. The van der Waals surface area contributed by atoms with Crippen LogP contribution >= 0.6 is 0 Å². The van der Waals surface area contributed by atoms with Crippen molar-refractivity contribution in [2.75, 3.05) is 0 Å². The lowest BCUT2D eigenvalue weighted by atomic mass is 10.0. The minimum absolute atomic E-state index is 1.23. The summed E-state index contributed by atoms with van der Waals surface area (Å²) in [6.45, 7) is 9.42. The van der Waals surface area contributed by atoms with Crippen molar-refractivity contribution in [1.29, 1.82) is 0 Å². The fourth-order valence-corrected chi connectivity index (χ4v) is 8.27. The van der Waals surface area contributed by atoms with E-state index in [1.54, 1.807) is 5.82 Å². The minimum atomic E-state index is 1.23. The van der Waals surface area contributed by atoms with Gasteiger partial charge >= 0.3 is 0 Å². The largest absolute Gasteiger partial charge is 0.256 e. The Bertz CT molecular complexity index is 781. The van der Waals surface area contributed by atoms with Gasteiger partial charge in [0, 0.05) is 6.42 Å². The van der Waals surface area contributed by atoms with Gasteiger partial charge in [0.15, 0.2) is 0 Å². The topological polar surface area (TPSA) is 8.81 Å². The standard InChI is InChI=1S/C49H97N2/c1-4-7-10-13-16-19-21-23-25-27-29-31-34-37-40-43-46-51-48-47-50(49(51)44-41-38-35-32-18-15-12-9-6-3)45-42-39-36-33-30-28-26-24-22-20-17-14-11-8-5-2/h47-48H,4-46H2,1-3H3/q+1. The van der Waals surface area contributed by atoms with Gasteiger partial charge in [0.1, 0.15) is 12.4 Å². The molecule has 0 unspecified atom stereocenters. The molecular weight excluding hydrogens is 617 g/mol. The van der Waals surface area contributed by atoms with Crippen LogP contribution < -0.4 is 4.57 Å². The predicted octanol–water partition coefficient (Wildman–Crippen LogP) is 17.0. The maximum atomic E-state index is 2.65. The molecule has 0 atom stereocenters. The number of rotatable bonds is 43. The highest BCUT2D eigenvalue weighted by Crippen LogP contribution is 2.17. The second-order valence-electron chi connectivity index (χ2n) is 16.9. The molecule has 1 aromatic rings. The summed E-state index contributed by atoms with van der Waals surface area (Å²) in [7, 11) is 0. The molecule has 2 nitrogen and oxygen atoms in total. The molecule has 0 aliphatic heterocycles. The van der Waals surface area contributed by atoms with Crippen LogP contribution in [0.1, 0.15) is 283 Å². The van der Waals surface area contributed by atoms with E-state index in [4.69, 9.17) is 0 Å². The highest BCUT2D eigenvalue weighted by molar-refractivity contribution is 4.84. The Kier molecular flexibility index (Phi) is 38.2. The number of imidazole rings is 1. The number of hydrogen-bond donors (Lipinski definition) is 0. The summed E-state index contributed by atoms with van der Waals surface area (Å²) in [5.41, 5.74) is 0. The summed E-state index contributed by atoms with van der Waals surface area (Å²) < 4.78 is 5.30. The van der Waals surface area contributed by atoms with Gasteiger partial charge in [-0.15, -0.1) is 0 Å². The minimum Gasteiger partial charge on any atom is -0.234 e. The summed E-state index contributed by atoms with van der Waals surface area (Å²) in [6.07, 6.45) is 63.8. The number of nitrogens with zero attached hydrogens (tertiary/aromatic N) is 2. The molecule has 0 aliphatic rings. The lowest BCUT2D eigenvalue weighted by molar-refractivity contribution is -0.704. The normalized spacial score (nSPS) is 11.7. The van der Waals surface area contributed by atoms with Gasteiger partial charge in [-0.25, -0.2) is 9.13 Å². The summed E-state index contributed by atoms with van der Waals surface area (Å²) in [5, 5.41) is 0. The van der Waals surface area contributed by atoms with Crippen molar-refractivity contribution < 1.29 is 4.57 Å². The van der Waals surface area contributed by atoms with Crippen LogP contribution in [0.5, 0.6) is 0 Å². The van der Waals surface area contributed by atoms with Gasteiger partial charge in [-0.05, 0) is 32.1 Å². The first-order valence-corrected chi connectivity index (χ1v) is 24.4. The molecule has 2 heteroatoms. The fourth-order valence-electron chi connectivity index (χ4n) is 8.27. The molecular formula is C49H97N2+. The summed E-state index contributed by atoms with van der Waals surface area (Å²) in [6, 6.07) is 0. The average Bonchev–Trinajstić information content (AvgIpc) is 3.53. The first-order valence-electron chi connectivity index (χ1n) is 24.4. The summed E-state index contributed by atoms with van der Waals surface area (Å²) in [5.74, 6) is 1.63. The van der Waals surface area contributed by atoms with E-state index in [0.29, 0.717) is 0 Å². The molecule has 0 radical (unpaired) electrons. The van der Waals surface area contributed by atoms with Crippen LogP contribution in [0.25, 0.3) is 0 Å². The van der Waals surface area contributed by atoms with Crippen molar-refractivity contribution in [3.05, 3.63) is 18.2 Å². The molecule has 0 saturated heterocycles. The molecule has 302 valence electrons. The molecule has 0 bridgehead atoms. The maximum absolute atomic E-state index is 2.65. The van der Waals surface area contributed by atoms with Crippen molar-refractivity contribution in [2.24, 2.45) is 0 Å². The molecule has 51 heavy (non-hydrogen) atoms. The fraction of sp³-hybridized carbons (Fsp3) is 0.939. The first kappa shape index (κ1) is 48.2. The molecule has 0 fully saturated rings. The number of aromatic nitrogens is 2. The van der Waals surface area contributed by atoms with Gasteiger partial charge in [-0.2, -0.15) is 0 Å². The van der Waals surface area contributed by atoms with Crippen molar-refractivity contribution in [2.45, 2.75) is 297 Å². The second kappa shape index (κ2) is 40.4. The van der Waals surface area contributed by atoms with Crippen LogP contribution in [0.4, 0.5) is 0 Å². The van der Waals surface area contributed by atoms with E-state index in [1.807, 2.05) is 0 Å². The van der Waals surface area contributed by atoms with Crippen molar-refractivity contribution in [3.63, 3.8) is 0 Å². The Hall–Kier alpha value is -0.790. The molecule has 1 aromatic heterocycles. The monoisotopic (exact) mass is 714 g/mol. The van der Waals surface area contributed by atoms with Crippen molar-refractivity contribution in [3.8, 4) is 0 Å².